The van der Waals surface area contributed by atoms with E-state index in [1.165, 1.54) is 0 Å². The molecule has 98 valence electrons. The maximum atomic E-state index is 12.2. The van der Waals surface area contributed by atoms with Crippen LogP contribution in [-0.4, -0.2) is 42.0 Å². The molecule has 16 heavy (non-hydrogen) atoms. The molecule has 0 saturated carbocycles. The summed E-state index contributed by atoms with van der Waals surface area (Å²) >= 11 is -8.01. The van der Waals surface area contributed by atoms with Gasteiger partial charge in [0.15, 0.2) is 0 Å². The topological polar surface area (TPSA) is 0 Å². The molecule has 0 aliphatic carbocycles. The van der Waals surface area contributed by atoms with Gasteiger partial charge in [-0.05, 0) is 0 Å². The number of hydrogen-bond donors (Lipinski definition) is 0. The van der Waals surface area contributed by atoms with Crippen LogP contribution in [0.15, 0.2) is 0 Å². The molecule has 0 fully saturated rings. The van der Waals surface area contributed by atoms with E-state index < -0.39 is 42.0 Å². The Balaban J connectivity index is 5.30. The monoisotopic (exact) mass is 466 g/mol. The number of hydrogen-bond acceptors (Lipinski definition) is 0. The van der Waals surface area contributed by atoms with Gasteiger partial charge in [-0.25, -0.2) is 0 Å². The fourth-order valence-corrected chi connectivity index (χ4v) is 3.50. The molecule has 0 aliphatic heterocycles. The fourth-order valence-electron chi connectivity index (χ4n) is 0.399. The van der Waals surface area contributed by atoms with Crippen LogP contribution in [0.5, 0.6) is 0 Å². The molecule has 0 aromatic heterocycles. The van der Waals surface area contributed by atoms with Gasteiger partial charge in [0.1, 0.15) is 0 Å². The molecule has 0 aliphatic rings. The second kappa shape index (κ2) is 4.09. The molecule has 0 rings (SSSR count). The predicted molar refractivity (Wildman–Crippen MR) is 28.9 cm³/mol. The summed E-state index contributed by atoms with van der Waals surface area (Å²) in [5.74, 6) is 0. The van der Waals surface area contributed by atoms with Crippen LogP contribution in [0.2, 0.25) is 0 Å². The standard InChI is InChI=1S/2C2F5.Bi.FH/c2*3-1(4)2(5,6)7;;/h;;;1H/q;;+1;/p-1. The van der Waals surface area contributed by atoms with Gasteiger partial charge in [-0.2, -0.15) is 0 Å². The van der Waals surface area contributed by atoms with Gasteiger partial charge in [-0.15, -0.1) is 0 Å². The quantitative estimate of drug-likeness (QED) is 0.433. The first-order chi connectivity index (χ1) is 6.65. The van der Waals surface area contributed by atoms with E-state index >= 15 is 0 Å². The van der Waals surface area contributed by atoms with Crippen molar-refractivity contribution in [1.82, 2.24) is 0 Å². The number of halogens is 11. The Morgan fingerprint density at radius 2 is 0.688 bits per heavy atom. The Morgan fingerprint density at radius 1 is 0.500 bits per heavy atom. The summed E-state index contributed by atoms with van der Waals surface area (Å²) in [4.78, 5) is 0. The Bertz CT molecular complexity index is 222. The summed E-state index contributed by atoms with van der Waals surface area (Å²) < 4.78 is 115. The zero-order chi connectivity index (χ0) is 13.6. The van der Waals surface area contributed by atoms with Crippen molar-refractivity contribution in [2.45, 2.75) is 19.6 Å². The van der Waals surface area contributed by atoms with E-state index in [0.717, 1.165) is 0 Å². The summed E-state index contributed by atoms with van der Waals surface area (Å²) in [6, 6.07) is 0. The van der Waals surface area contributed by atoms with Gasteiger partial charge in [0.25, 0.3) is 0 Å². The van der Waals surface area contributed by atoms with Gasteiger partial charge in [0.2, 0.25) is 0 Å². The van der Waals surface area contributed by atoms with Crippen LogP contribution in [0.4, 0.5) is 46.5 Å². The third-order valence-corrected chi connectivity index (χ3v) is 6.98. The molecule has 0 N–H and O–H groups in total. The summed E-state index contributed by atoms with van der Waals surface area (Å²) in [6.45, 7) is 0. The van der Waals surface area contributed by atoms with E-state index in [2.05, 4.69) is 0 Å². The summed E-state index contributed by atoms with van der Waals surface area (Å²) in [5, 5.41) is 0. The molecule has 12 heteroatoms. The van der Waals surface area contributed by atoms with Crippen LogP contribution in [0.3, 0.4) is 0 Å². The molecular formula is C4BiF11. The minimum atomic E-state index is -8.01. The van der Waals surface area contributed by atoms with Crippen molar-refractivity contribution in [3.63, 3.8) is 0 Å². The number of alkyl halides is 10. The Labute approximate surface area is 89.0 Å². The molecule has 0 radical (unpaired) electrons. The van der Waals surface area contributed by atoms with E-state index in [0.29, 0.717) is 0 Å². The van der Waals surface area contributed by atoms with Crippen LogP contribution in [0.1, 0.15) is 0 Å². The minimum absolute atomic E-state index is 6.60. The molecule has 0 bridgehead atoms. The Kier molecular flexibility index (Phi) is 4.12. The molecule has 0 aromatic rings. The normalized spacial score (nSPS) is 15.8. The van der Waals surface area contributed by atoms with Crippen molar-refractivity contribution < 1.29 is 46.5 Å². The van der Waals surface area contributed by atoms with Gasteiger partial charge in [0, 0.05) is 0 Å². The molecular weight excluding hydrogens is 466 g/mol. The molecule has 0 aromatic carbocycles. The van der Waals surface area contributed by atoms with Crippen LogP contribution < -0.4 is 0 Å². The average Bonchev–Trinajstić information content (AvgIpc) is 1.98. The summed E-state index contributed by atoms with van der Waals surface area (Å²) in [6.07, 6.45) is -13.5. The van der Waals surface area contributed by atoms with Crippen molar-refractivity contribution in [3.05, 3.63) is 0 Å². The Morgan fingerprint density at radius 3 is 0.812 bits per heavy atom. The van der Waals surface area contributed by atoms with Crippen molar-refractivity contribution in [3.8, 4) is 0 Å². The zero-order valence-corrected chi connectivity index (χ0v) is 10.1. The third kappa shape index (κ3) is 2.68. The van der Waals surface area contributed by atoms with Gasteiger partial charge in [0.05, 0.1) is 0 Å². The molecule has 0 amide bonds. The van der Waals surface area contributed by atoms with E-state index in [1.54, 1.807) is 0 Å². The molecule has 0 heterocycles. The van der Waals surface area contributed by atoms with Crippen LogP contribution in [0.25, 0.3) is 0 Å². The molecule has 0 nitrogen and oxygen atoms in total. The molecule has 0 spiro atoms. The van der Waals surface area contributed by atoms with Crippen molar-refractivity contribution >= 4 is 22.4 Å². The van der Waals surface area contributed by atoms with Gasteiger partial charge in [-0.1, -0.05) is 0 Å². The second-order valence-electron chi connectivity index (χ2n) is 2.36. The molecule has 0 saturated heterocycles. The summed E-state index contributed by atoms with van der Waals surface area (Å²) in [7, 11) is 0. The van der Waals surface area contributed by atoms with E-state index in [9.17, 15) is 46.5 Å². The van der Waals surface area contributed by atoms with Crippen LogP contribution in [0, 0.1) is 0 Å². The first-order valence-corrected chi connectivity index (χ1v) is 7.80. The first kappa shape index (κ1) is 16.1. The van der Waals surface area contributed by atoms with Crippen LogP contribution in [-0.2, 0) is 0 Å². The van der Waals surface area contributed by atoms with E-state index in [1.807, 2.05) is 0 Å². The van der Waals surface area contributed by atoms with Gasteiger partial charge >= 0.3 is 88.5 Å². The SMILES string of the molecule is [F][Bi]([C](F)(F)C(F)(F)F)[C](F)(F)C(F)(F)F. The second-order valence-corrected chi connectivity index (χ2v) is 8.91. The maximum absolute atomic E-state index is 12.2. The Hall–Kier alpha value is 0.113. The van der Waals surface area contributed by atoms with E-state index in [-0.39, 0.29) is 0 Å². The average molecular weight is 466 g/mol. The molecule has 0 unspecified atom stereocenters. The molecule has 0 atom stereocenters. The van der Waals surface area contributed by atoms with Crippen molar-refractivity contribution in [1.29, 1.82) is 0 Å². The fraction of sp³-hybridized carbons (Fsp3) is 1.00. The first-order valence-electron chi connectivity index (χ1n) is 3.01. The van der Waals surface area contributed by atoms with Gasteiger partial charge < -0.3 is 0 Å². The predicted octanol–water partition coefficient (Wildman–Crippen LogP) is 3.42. The van der Waals surface area contributed by atoms with Crippen LogP contribution >= 0.6 is 0 Å². The third-order valence-electron chi connectivity index (χ3n) is 1.18. The summed E-state index contributed by atoms with van der Waals surface area (Å²) in [5.41, 5.74) is 0. The van der Waals surface area contributed by atoms with Gasteiger partial charge in [-0.3, -0.25) is 0 Å². The zero-order valence-electron chi connectivity index (χ0n) is 6.60. The number of rotatable bonds is 2. The van der Waals surface area contributed by atoms with Crippen molar-refractivity contribution in [2.75, 3.05) is 0 Å². The van der Waals surface area contributed by atoms with Crippen molar-refractivity contribution in [2.24, 2.45) is 0 Å². The van der Waals surface area contributed by atoms with E-state index in [4.69, 9.17) is 0 Å².